The molecule has 1 aromatic rings. The number of benzene rings is 1. The van der Waals surface area contributed by atoms with Crippen LogP contribution in [0.15, 0.2) is 18.2 Å². The molecule has 0 aromatic heterocycles. The van der Waals surface area contributed by atoms with Crippen molar-refractivity contribution in [2.45, 2.75) is 12.8 Å². The summed E-state index contributed by atoms with van der Waals surface area (Å²) in [6.45, 7) is 1.90. The van der Waals surface area contributed by atoms with E-state index in [1.807, 2.05) is 0 Å². The molecule has 0 aliphatic heterocycles. The molecule has 0 saturated heterocycles. The van der Waals surface area contributed by atoms with Crippen molar-refractivity contribution in [3.05, 3.63) is 35.1 Å². The van der Waals surface area contributed by atoms with Crippen molar-refractivity contribution in [1.29, 1.82) is 0 Å². The lowest BCUT2D eigenvalue weighted by molar-refractivity contribution is 0.0521. The quantitative estimate of drug-likeness (QED) is 0.574. The summed E-state index contributed by atoms with van der Waals surface area (Å²) in [5, 5.41) is 0. The van der Waals surface area contributed by atoms with Crippen LogP contribution >= 0.6 is 11.6 Å². The molecule has 76 valence electrons. The Labute approximate surface area is 86.6 Å². The van der Waals surface area contributed by atoms with Gasteiger partial charge in [-0.3, -0.25) is 0 Å². The number of rotatable bonds is 3. The van der Waals surface area contributed by atoms with Gasteiger partial charge in [0.1, 0.15) is 5.82 Å². The SMILES string of the molecule is CCOC(=O)c1ccc(CCl)cc1F. The summed E-state index contributed by atoms with van der Waals surface area (Å²) in [5.74, 6) is -1.02. The van der Waals surface area contributed by atoms with Crippen LogP contribution in [0.4, 0.5) is 4.39 Å². The lowest BCUT2D eigenvalue weighted by Crippen LogP contribution is -2.07. The molecule has 0 N–H and O–H groups in total. The minimum absolute atomic E-state index is 0.0549. The van der Waals surface area contributed by atoms with Crippen LogP contribution in [0.25, 0.3) is 0 Å². The number of hydrogen-bond acceptors (Lipinski definition) is 2. The van der Waals surface area contributed by atoms with E-state index in [0.29, 0.717) is 5.56 Å². The highest BCUT2D eigenvalue weighted by molar-refractivity contribution is 6.17. The molecule has 0 atom stereocenters. The fourth-order valence-electron chi connectivity index (χ4n) is 1.02. The third-order valence-electron chi connectivity index (χ3n) is 1.68. The average molecular weight is 217 g/mol. The summed E-state index contributed by atoms with van der Waals surface area (Å²) in [6.07, 6.45) is 0. The van der Waals surface area contributed by atoms with Gasteiger partial charge in [0.05, 0.1) is 12.2 Å². The smallest absolute Gasteiger partial charge is 0.341 e. The predicted octanol–water partition coefficient (Wildman–Crippen LogP) is 2.74. The zero-order chi connectivity index (χ0) is 10.6. The molecule has 1 aromatic carbocycles. The molecule has 1 rings (SSSR count). The number of carbonyl (C=O) groups excluding carboxylic acids is 1. The number of carbonyl (C=O) groups is 1. The maximum Gasteiger partial charge on any atom is 0.341 e. The first-order valence-corrected chi connectivity index (χ1v) is 4.74. The Balaban J connectivity index is 2.94. The number of esters is 1. The zero-order valence-corrected chi connectivity index (χ0v) is 8.47. The van der Waals surface area contributed by atoms with Gasteiger partial charge in [0.15, 0.2) is 0 Å². The average Bonchev–Trinajstić information content (AvgIpc) is 2.17. The van der Waals surface area contributed by atoms with Gasteiger partial charge in [-0.25, -0.2) is 9.18 Å². The number of halogens is 2. The summed E-state index contributed by atoms with van der Waals surface area (Å²) in [7, 11) is 0. The molecule has 2 nitrogen and oxygen atoms in total. The summed E-state index contributed by atoms with van der Waals surface area (Å²) in [6, 6.07) is 4.21. The van der Waals surface area contributed by atoms with Crippen molar-refractivity contribution in [1.82, 2.24) is 0 Å². The van der Waals surface area contributed by atoms with Gasteiger partial charge in [-0.05, 0) is 24.6 Å². The Morgan fingerprint density at radius 1 is 1.57 bits per heavy atom. The van der Waals surface area contributed by atoms with Gasteiger partial charge >= 0.3 is 5.97 Å². The van der Waals surface area contributed by atoms with Crippen molar-refractivity contribution < 1.29 is 13.9 Å². The topological polar surface area (TPSA) is 26.3 Å². The van der Waals surface area contributed by atoms with E-state index in [0.717, 1.165) is 0 Å². The van der Waals surface area contributed by atoms with Crippen LogP contribution in [0, 0.1) is 5.82 Å². The first-order valence-electron chi connectivity index (χ1n) is 4.20. The van der Waals surface area contributed by atoms with Crippen LogP contribution in [0.5, 0.6) is 0 Å². The zero-order valence-electron chi connectivity index (χ0n) is 7.72. The maximum atomic E-state index is 13.3. The van der Waals surface area contributed by atoms with E-state index in [9.17, 15) is 9.18 Å². The fraction of sp³-hybridized carbons (Fsp3) is 0.300. The molecule has 4 heteroatoms. The summed E-state index contributed by atoms with van der Waals surface area (Å²) in [5.41, 5.74) is 0.581. The normalized spacial score (nSPS) is 9.93. The first-order chi connectivity index (χ1) is 6.69. The summed E-state index contributed by atoms with van der Waals surface area (Å²) in [4.78, 5) is 11.2. The van der Waals surface area contributed by atoms with E-state index < -0.39 is 11.8 Å². The van der Waals surface area contributed by atoms with Gasteiger partial charge < -0.3 is 4.74 Å². The molecule has 0 bridgehead atoms. The molecule has 14 heavy (non-hydrogen) atoms. The fourth-order valence-corrected chi connectivity index (χ4v) is 1.18. The number of alkyl halides is 1. The second-order valence-electron chi connectivity index (χ2n) is 2.67. The van der Waals surface area contributed by atoms with E-state index >= 15 is 0 Å². The van der Waals surface area contributed by atoms with E-state index in [4.69, 9.17) is 11.6 Å². The molecular weight excluding hydrogens is 207 g/mol. The van der Waals surface area contributed by atoms with Gasteiger partial charge in [-0.2, -0.15) is 0 Å². The van der Waals surface area contributed by atoms with Gasteiger partial charge in [0.2, 0.25) is 0 Å². The van der Waals surface area contributed by atoms with Crippen molar-refractivity contribution >= 4 is 17.6 Å². The Morgan fingerprint density at radius 3 is 2.79 bits per heavy atom. The molecular formula is C10H10ClFO2. The molecule has 0 heterocycles. The van der Waals surface area contributed by atoms with Crippen LogP contribution in [0.1, 0.15) is 22.8 Å². The minimum Gasteiger partial charge on any atom is -0.462 e. The number of ether oxygens (including phenoxy) is 1. The van der Waals surface area contributed by atoms with E-state index in [-0.39, 0.29) is 18.1 Å². The summed E-state index contributed by atoms with van der Waals surface area (Å²) < 4.78 is 17.9. The van der Waals surface area contributed by atoms with Crippen LogP contribution in [-0.2, 0) is 10.6 Å². The highest BCUT2D eigenvalue weighted by Crippen LogP contribution is 2.13. The first kappa shape index (κ1) is 11.0. The van der Waals surface area contributed by atoms with Crippen molar-refractivity contribution in [2.75, 3.05) is 6.61 Å². The molecule has 0 amide bonds. The van der Waals surface area contributed by atoms with Crippen LogP contribution in [0.2, 0.25) is 0 Å². The maximum absolute atomic E-state index is 13.3. The highest BCUT2D eigenvalue weighted by Gasteiger charge is 2.12. The predicted molar refractivity (Wildman–Crippen MR) is 51.9 cm³/mol. The van der Waals surface area contributed by atoms with Gasteiger partial charge in [0, 0.05) is 5.88 Å². The van der Waals surface area contributed by atoms with Crippen molar-refractivity contribution in [3.8, 4) is 0 Å². The monoisotopic (exact) mass is 216 g/mol. The van der Waals surface area contributed by atoms with Crippen molar-refractivity contribution in [3.63, 3.8) is 0 Å². The van der Waals surface area contributed by atoms with Crippen LogP contribution in [-0.4, -0.2) is 12.6 Å². The van der Waals surface area contributed by atoms with Gasteiger partial charge in [-0.15, -0.1) is 11.6 Å². The Morgan fingerprint density at radius 2 is 2.29 bits per heavy atom. The highest BCUT2D eigenvalue weighted by atomic mass is 35.5. The lowest BCUT2D eigenvalue weighted by atomic mass is 10.1. The van der Waals surface area contributed by atoms with E-state index in [1.165, 1.54) is 12.1 Å². The van der Waals surface area contributed by atoms with Crippen LogP contribution < -0.4 is 0 Å². The summed E-state index contributed by atoms with van der Waals surface area (Å²) >= 11 is 5.51. The largest absolute Gasteiger partial charge is 0.462 e. The molecule has 0 saturated carbocycles. The second kappa shape index (κ2) is 4.96. The molecule has 0 spiro atoms. The van der Waals surface area contributed by atoms with Gasteiger partial charge in [-0.1, -0.05) is 6.07 Å². The second-order valence-corrected chi connectivity index (χ2v) is 2.94. The molecule has 0 radical (unpaired) electrons. The van der Waals surface area contributed by atoms with Gasteiger partial charge in [0.25, 0.3) is 0 Å². The lowest BCUT2D eigenvalue weighted by Gasteiger charge is -2.03. The Kier molecular flexibility index (Phi) is 3.89. The standard InChI is InChI=1S/C10H10ClFO2/c1-2-14-10(13)8-4-3-7(6-11)5-9(8)12/h3-5H,2,6H2,1H3. The van der Waals surface area contributed by atoms with Crippen molar-refractivity contribution in [2.24, 2.45) is 0 Å². The van der Waals surface area contributed by atoms with E-state index in [1.54, 1.807) is 13.0 Å². The molecule has 0 aliphatic carbocycles. The Hall–Kier alpha value is -1.09. The molecule has 0 unspecified atom stereocenters. The van der Waals surface area contributed by atoms with E-state index in [2.05, 4.69) is 4.74 Å². The van der Waals surface area contributed by atoms with Crippen LogP contribution in [0.3, 0.4) is 0 Å². The molecule has 0 fully saturated rings. The minimum atomic E-state index is -0.647. The molecule has 0 aliphatic rings. The third-order valence-corrected chi connectivity index (χ3v) is 1.99. The third kappa shape index (κ3) is 2.45. The Bertz CT molecular complexity index is 339. The number of hydrogen-bond donors (Lipinski definition) is 0.